The number of fused-ring (bicyclic) bond motifs is 1. The molecular weight excluding hydrogens is 225 g/mol. The van der Waals surface area contributed by atoms with Crippen molar-refractivity contribution in [3.8, 4) is 0 Å². The van der Waals surface area contributed by atoms with Gasteiger partial charge in [0.25, 0.3) is 0 Å². The first kappa shape index (κ1) is 6.40. The molecule has 0 N–H and O–H groups in total. The predicted molar refractivity (Wildman–Crippen MR) is 46.4 cm³/mol. The maximum absolute atomic E-state index is 2.43. The van der Waals surface area contributed by atoms with Crippen molar-refractivity contribution >= 4 is 22.9 Å². The standard InChI is InChI=1S/C7H12IN/c1-7(2)5-3-9(8)4-6(5)7/h5-6H,3-4H2,1-2H3/t5-,6?/m0/s1. The van der Waals surface area contributed by atoms with Gasteiger partial charge in [-0.15, -0.1) is 0 Å². The molecule has 2 aliphatic rings. The van der Waals surface area contributed by atoms with E-state index in [-0.39, 0.29) is 0 Å². The molecule has 0 bridgehead atoms. The molecule has 1 nitrogen and oxygen atoms in total. The molecule has 2 rings (SSSR count). The lowest BCUT2D eigenvalue weighted by molar-refractivity contribution is 0.411. The van der Waals surface area contributed by atoms with Crippen LogP contribution < -0.4 is 0 Å². The topological polar surface area (TPSA) is 3.24 Å². The van der Waals surface area contributed by atoms with E-state index < -0.39 is 0 Å². The summed E-state index contributed by atoms with van der Waals surface area (Å²) in [7, 11) is 0. The fraction of sp³-hybridized carbons (Fsp3) is 1.00. The van der Waals surface area contributed by atoms with E-state index in [1.165, 1.54) is 13.1 Å². The van der Waals surface area contributed by atoms with E-state index in [1.54, 1.807) is 0 Å². The van der Waals surface area contributed by atoms with Crippen LogP contribution in [0.4, 0.5) is 0 Å². The molecule has 0 aromatic heterocycles. The van der Waals surface area contributed by atoms with E-state index in [4.69, 9.17) is 0 Å². The molecule has 9 heavy (non-hydrogen) atoms. The summed E-state index contributed by atoms with van der Waals surface area (Å²) in [5.74, 6) is 2.05. The highest BCUT2D eigenvalue weighted by molar-refractivity contribution is 14.1. The quantitative estimate of drug-likeness (QED) is 0.459. The maximum Gasteiger partial charge on any atom is 0.0201 e. The second-order valence-corrected chi connectivity index (χ2v) is 5.23. The minimum Gasteiger partial charge on any atom is -0.247 e. The van der Waals surface area contributed by atoms with Crippen molar-refractivity contribution in [2.75, 3.05) is 13.1 Å². The van der Waals surface area contributed by atoms with E-state index in [0.29, 0.717) is 5.41 Å². The molecule has 0 amide bonds. The Morgan fingerprint density at radius 1 is 1.33 bits per heavy atom. The second-order valence-electron chi connectivity index (χ2n) is 3.86. The van der Waals surface area contributed by atoms with Crippen molar-refractivity contribution in [3.05, 3.63) is 0 Å². The van der Waals surface area contributed by atoms with Crippen molar-refractivity contribution in [1.29, 1.82) is 0 Å². The Hall–Kier alpha value is 0.690. The number of hydrogen-bond donors (Lipinski definition) is 0. The first-order chi connectivity index (χ1) is 4.12. The first-order valence-corrected chi connectivity index (χ1v) is 4.49. The Kier molecular flexibility index (Phi) is 1.17. The van der Waals surface area contributed by atoms with Crippen LogP contribution in [0.15, 0.2) is 0 Å². The van der Waals surface area contributed by atoms with Gasteiger partial charge in [0.15, 0.2) is 0 Å². The zero-order chi connectivity index (χ0) is 6.65. The van der Waals surface area contributed by atoms with Gasteiger partial charge < -0.3 is 0 Å². The number of rotatable bonds is 0. The van der Waals surface area contributed by atoms with E-state index in [9.17, 15) is 0 Å². The van der Waals surface area contributed by atoms with Gasteiger partial charge >= 0.3 is 0 Å². The van der Waals surface area contributed by atoms with Crippen LogP contribution in [-0.2, 0) is 0 Å². The third kappa shape index (κ3) is 0.755. The molecule has 1 heterocycles. The Labute approximate surface area is 70.3 Å². The van der Waals surface area contributed by atoms with E-state index in [0.717, 1.165) is 11.8 Å². The van der Waals surface area contributed by atoms with Crippen molar-refractivity contribution in [2.24, 2.45) is 17.3 Å². The maximum atomic E-state index is 2.43. The average Bonchev–Trinajstić information content (AvgIpc) is 2.27. The smallest absolute Gasteiger partial charge is 0.0201 e. The number of halogens is 1. The highest BCUT2D eigenvalue weighted by Crippen LogP contribution is 2.62. The summed E-state index contributed by atoms with van der Waals surface area (Å²) in [5, 5.41) is 0. The fourth-order valence-electron chi connectivity index (χ4n) is 2.08. The highest BCUT2D eigenvalue weighted by atomic mass is 127. The largest absolute Gasteiger partial charge is 0.247 e. The van der Waals surface area contributed by atoms with Gasteiger partial charge in [0.2, 0.25) is 0 Å². The first-order valence-electron chi connectivity index (χ1n) is 3.53. The van der Waals surface area contributed by atoms with Crippen LogP contribution in [0.3, 0.4) is 0 Å². The Morgan fingerprint density at radius 2 is 1.78 bits per heavy atom. The Morgan fingerprint density at radius 3 is 2.11 bits per heavy atom. The number of hydrogen-bond acceptors (Lipinski definition) is 1. The second kappa shape index (κ2) is 1.64. The zero-order valence-corrected chi connectivity index (χ0v) is 8.05. The third-order valence-corrected chi connectivity index (χ3v) is 3.87. The molecule has 1 unspecified atom stereocenters. The summed E-state index contributed by atoms with van der Waals surface area (Å²) in [6, 6.07) is 0. The molecule has 1 aliphatic heterocycles. The summed E-state index contributed by atoms with van der Waals surface area (Å²) in [6.07, 6.45) is 0. The molecule has 2 fully saturated rings. The van der Waals surface area contributed by atoms with Gasteiger partial charge in [0.1, 0.15) is 0 Å². The minimum absolute atomic E-state index is 0.696. The van der Waals surface area contributed by atoms with Crippen molar-refractivity contribution in [1.82, 2.24) is 3.11 Å². The molecule has 0 aromatic carbocycles. The van der Waals surface area contributed by atoms with Crippen LogP contribution in [0.2, 0.25) is 0 Å². The molecule has 2 heteroatoms. The van der Waals surface area contributed by atoms with E-state index >= 15 is 0 Å². The van der Waals surface area contributed by atoms with Gasteiger partial charge in [-0.2, -0.15) is 0 Å². The van der Waals surface area contributed by atoms with Crippen LogP contribution in [0, 0.1) is 17.3 Å². The average molecular weight is 237 g/mol. The molecule has 2 atom stereocenters. The van der Waals surface area contributed by atoms with Crippen LogP contribution in [0.25, 0.3) is 0 Å². The van der Waals surface area contributed by atoms with Gasteiger partial charge in [-0.25, -0.2) is 3.11 Å². The minimum atomic E-state index is 0.696. The number of piperidine rings is 1. The van der Waals surface area contributed by atoms with Gasteiger partial charge in [-0.3, -0.25) is 0 Å². The van der Waals surface area contributed by atoms with Crippen LogP contribution in [0.5, 0.6) is 0 Å². The molecule has 1 saturated carbocycles. The van der Waals surface area contributed by atoms with Crippen LogP contribution >= 0.6 is 22.9 Å². The Bertz CT molecular complexity index is 130. The van der Waals surface area contributed by atoms with Crippen molar-refractivity contribution in [2.45, 2.75) is 13.8 Å². The molecule has 1 saturated heterocycles. The van der Waals surface area contributed by atoms with Gasteiger partial charge in [0, 0.05) is 36.0 Å². The summed E-state index contributed by atoms with van der Waals surface area (Å²) >= 11 is 2.43. The SMILES string of the molecule is CC1(C)C2CN(I)C[C@@H]21. The molecular formula is C7H12IN. The van der Waals surface area contributed by atoms with E-state index in [2.05, 4.69) is 39.8 Å². The lowest BCUT2D eigenvalue weighted by Crippen LogP contribution is -2.15. The molecule has 0 radical (unpaired) electrons. The van der Waals surface area contributed by atoms with Gasteiger partial charge in [0.05, 0.1) is 0 Å². The lowest BCUT2D eigenvalue weighted by Gasteiger charge is -2.13. The molecule has 1 aliphatic carbocycles. The summed E-state index contributed by atoms with van der Waals surface area (Å²) in [4.78, 5) is 0. The molecule has 52 valence electrons. The van der Waals surface area contributed by atoms with Crippen LogP contribution in [-0.4, -0.2) is 16.2 Å². The van der Waals surface area contributed by atoms with Crippen LogP contribution in [0.1, 0.15) is 13.8 Å². The lowest BCUT2D eigenvalue weighted by atomic mass is 10.1. The molecule has 0 aromatic rings. The predicted octanol–water partition coefficient (Wildman–Crippen LogP) is 1.92. The highest BCUT2D eigenvalue weighted by Gasteiger charge is 2.61. The number of nitrogens with zero attached hydrogens (tertiary/aromatic N) is 1. The van der Waals surface area contributed by atoms with Gasteiger partial charge in [-0.1, -0.05) is 13.8 Å². The zero-order valence-electron chi connectivity index (χ0n) is 5.89. The molecule has 0 spiro atoms. The summed E-state index contributed by atoms with van der Waals surface area (Å²) in [5.41, 5.74) is 0.696. The van der Waals surface area contributed by atoms with Crippen molar-refractivity contribution in [3.63, 3.8) is 0 Å². The Balaban J connectivity index is 2.06. The van der Waals surface area contributed by atoms with Crippen molar-refractivity contribution < 1.29 is 0 Å². The summed E-state index contributed by atoms with van der Waals surface area (Å²) < 4.78 is 2.42. The summed E-state index contributed by atoms with van der Waals surface area (Å²) in [6.45, 7) is 7.45. The monoisotopic (exact) mass is 237 g/mol. The fourth-order valence-corrected chi connectivity index (χ4v) is 2.93. The van der Waals surface area contributed by atoms with E-state index in [1.807, 2.05) is 0 Å². The normalized spacial score (nSPS) is 47.0. The third-order valence-electron chi connectivity index (χ3n) is 3.08. The van der Waals surface area contributed by atoms with Gasteiger partial charge in [-0.05, 0) is 17.3 Å².